The number of nitrogens with two attached hydrogens (primary N) is 1. The summed E-state index contributed by atoms with van der Waals surface area (Å²) in [4.78, 5) is 0. The van der Waals surface area contributed by atoms with Crippen molar-refractivity contribution in [1.82, 2.24) is 0 Å². The van der Waals surface area contributed by atoms with Gasteiger partial charge in [-0.1, -0.05) is 22.0 Å². The Bertz CT molecular complexity index is 588. The normalized spacial score (nSPS) is 12.1. The van der Waals surface area contributed by atoms with Crippen molar-refractivity contribution in [2.75, 3.05) is 0 Å². The first-order valence-corrected chi connectivity index (χ1v) is 6.85. The maximum absolute atomic E-state index is 11.1. The SMILES string of the molecule is NS(=O)(=O)c1cc2c(Br)cccc2s1. The van der Waals surface area contributed by atoms with Crippen LogP contribution in [0.5, 0.6) is 0 Å². The molecule has 74 valence electrons. The van der Waals surface area contributed by atoms with Gasteiger partial charge in [-0.15, -0.1) is 11.3 Å². The lowest BCUT2D eigenvalue weighted by Crippen LogP contribution is -2.09. The molecule has 1 heterocycles. The molecule has 2 rings (SSSR count). The Kier molecular flexibility index (Phi) is 2.38. The van der Waals surface area contributed by atoms with E-state index in [1.54, 1.807) is 6.07 Å². The van der Waals surface area contributed by atoms with Gasteiger partial charge >= 0.3 is 0 Å². The number of halogens is 1. The molecule has 0 aliphatic rings. The first-order chi connectivity index (χ1) is 6.48. The molecule has 0 spiro atoms. The van der Waals surface area contributed by atoms with E-state index in [4.69, 9.17) is 5.14 Å². The van der Waals surface area contributed by atoms with Crippen LogP contribution in [0.4, 0.5) is 0 Å². The molecule has 0 aliphatic carbocycles. The van der Waals surface area contributed by atoms with Crippen molar-refractivity contribution in [3.8, 4) is 0 Å². The third-order valence-electron chi connectivity index (χ3n) is 1.77. The lowest BCUT2D eigenvalue weighted by Gasteiger charge is -1.89. The number of thiophene rings is 1. The fraction of sp³-hybridized carbons (Fsp3) is 0. The van der Waals surface area contributed by atoms with Crippen LogP contribution in [0.2, 0.25) is 0 Å². The minimum atomic E-state index is -3.58. The quantitative estimate of drug-likeness (QED) is 0.876. The van der Waals surface area contributed by atoms with Crippen LogP contribution in [0.1, 0.15) is 0 Å². The third kappa shape index (κ3) is 1.70. The molecule has 0 saturated carbocycles. The van der Waals surface area contributed by atoms with Crippen molar-refractivity contribution >= 4 is 47.4 Å². The largest absolute Gasteiger partial charge is 0.247 e. The molecule has 0 bridgehead atoms. The third-order valence-corrected chi connectivity index (χ3v) is 4.98. The molecule has 3 nitrogen and oxygen atoms in total. The molecule has 0 aliphatic heterocycles. The molecule has 0 atom stereocenters. The molecule has 0 radical (unpaired) electrons. The van der Waals surface area contributed by atoms with Gasteiger partial charge in [0.15, 0.2) is 0 Å². The van der Waals surface area contributed by atoms with Crippen LogP contribution in [0, 0.1) is 0 Å². The van der Waals surface area contributed by atoms with E-state index in [1.807, 2.05) is 18.2 Å². The smallest absolute Gasteiger partial charge is 0.224 e. The average molecular weight is 292 g/mol. The summed E-state index contributed by atoms with van der Waals surface area (Å²) in [6.45, 7) is 0. The number of hydrogen-bond donors (Lipinski definition) is 1. The number of rotatable bonds is 1. The van der Waals surface area contributed by atoms with E-state index >= 15 is 0 Å². The Morgan fingerprint density at radius 3 is 2.64 bits per heavy atom. The highest BCUT2D eigenvalue weighted by Crippen LogP contribution is 2.32. The fourth-order valence-corrected chi connectivity index (χ4v) is 3.59. The van der Waals surface area contributed by atoms with Crippen molar-refractivity contribution in [3.05, 3.63) is 28.7 Å². The first-order valence-electron chi connectivity index (χ1n) is 3.69. The van der Waals surface area contributed by atoms with Gasteiger partial charge < -0.3 is 0 Å². The van der Waals surface area contributed by atoms with Gasteiger partial charge in [0, 0.05) is 14.6 Å². The molecule has 2 N–H and O–H groups in total. The van der Waals surface area contributed by atoms with E-state index in [-0.39, 0.29) is 4.21 Å². The molecule has 0 fully saturated rings. The predicted octanol–water partition coefficient (Wildman–Crippen LogP) is 2.31. The summed E-state index contributed by atoms with van der Waals surface area (Å²) in [5.74, 6) is 0. The van der Waals surface area contributed by atoms with Crippen molar-refractivity contribution < 1.29 is 8.42 Å². The van der Waals surface area contributed by atoms with Crippen LogP contribution in [-0.4, -0.2) is 8.42 Å². The Labute approximate surface area is 93.7 Å². The van der Waals surface area contributed by atoms with Gasteiger partial charge in [-0.3, -0.25) is 0 Å². The Morgan fingerprint density at radius 1 is 1.36 bits per heavy atom. The van der Waals surface area contributed by atoms with Crippen LogP contribution in [-0.2, 0) is 10.0 Å². The van der Waals surface area contributed by atoms with E-state index < -0.39 is 10.0 Å². The van der Waals surface area contributed by atoms with E-state index in [0.717, 1.165) is 14.6 Å². The zero-order valence-electron chi connectivity index (χ0n) is 6.90. The maximum Gasteiger partial charge on any atom is 0.247 e. The molecular formula is C8H6BrNO2S2. The molecule has 0 saturated heterocycles. The maximum atomic E-state index is 11.1. The topological polar surface area (TPSA) is 60.2 Å². The van der Waals surface area contributed by atoms with E-state index in [9.17, 15) is 8.42 Å². The highest BCUT2D eigenvalue weighted by Gasteiger charge is 2.13. The second-order valence-electron chi connectivity index (χ2n) is 2.76. The molecule has 2 aromatic rings. The summed E-state index contributed by atoms with van der Waals surface area (Å²) in [6.07, 6.45) is 0. The van der Waals surface area contributed by atoms with E-state index in [1.165, 1.54) is 11.3 Å². The van der Waals surface area contributed by atoms with Gasteiger partial charge in [0.25, 0.3) is 0 Å². The molecule has 0 amide bonds. The molecule has 6 heteroatoms. The van der Waals surface area contributed by atoms with Gasteiger partial charge in [-0.25, -0.2) is 13.6 Å². The summed E-state index contributed by atoms with van der Waals surface area (Å²) in [7, 11) is -3.58. The molecular weight excluding hydrogens is 286 g/mol. The minimum absolute atomic E-state index is 0.194. The summed E-state index contributed by atoms with van der Waals surface area (Å²) in [6, 6.07) is 7.16. The first kappa shape index (κ1) is 10.1. The highest BCUT2D eigenvalue weighted by molar-refractivity contribution is 9.10. The summed E-state index contributed by atoms with van der Waals surface area (Å²) in [5, 5.41) is 5.91. The van der Waals surface area contributed by atoms with Gasteiger partial charge in [0.2, 0.25) is 10.0 Å². The number of fused-ring (bicyclic) bond motifs is 1. The van der Waals surface area contributed by atoms with E-state index in [2.05, 4.69) is 15.9 Å². The molecule has 0 unspecified atom stereocenters. The van der Waals surface area contributed by atoms with Crippen LogP contribution in [0.3, 0.4) is 0 Å². The summed E-state index contributed by atoms with van der Waals surface area (Å²) in [5.41, 5.74) is 0. The monoisotopic (exact) mass is 291 g/mol. The van der Waals surface area contributed by atoms with Crippen LogP contribution in [0.15, 0.2) is 32.9 Å². The Hall–Kier alpha value is -0.430. The van der Waals surface area contributed by atoms with Crippen LogP contribution >= 0.6 is 27.3 Å². The number of sulfonamides is 1. The second kappa shape index (κ2) is 3.30. The average Bonchev–Trinajstić information content (AvgIpc) is 2.48. The van der Waals surface area contributed by atoms with Crippen LogP contribution < -0.4 is 5.14 Å². The zero-order chi connectivity index (χ0) is 10.3. The fourth-order valence-electron chi connectivity index (χ4n) is 1.14. The van der Waals surface area contributed by atoms with Gasteiger partial charge in [-0.05, 0) is 18.2 Å². The lowest BCUT2D eigenvalue weighted by molar-refractivity contribution is 0.600. The lowest BCUT2D eigenvalue weighted by atomic mass is 10.3. The zero-order valence-corrected chi connectivity index (χ0v) is 10.1. The van der Waals surface area contributed by atoms with Gasteiger partial charge in [0.05, 0.1) is 0 Å². The predicted molar refractivity (Wildman–Crippen MR) is 60.9 cm³/mol. The number of benzene rings is 1. The minimum Gasteiger partial charge on any atom is -0.224 e. The van der Waals surface area contributed by atoms with E-state index in [0.29, 0.717) is 0 Å². The van der Waals surface area contributed by atoms with Gasteiger partial charge in [-0.2, -0.15) is 0 Å². The number of primary sulfonamides is 1. The molecule has 14 heavy (non-hydrogen) atoms. The second-order valence-corrected chi connectivity index (χ2v) is 6.49. The standard InChI is InChI=1S/C8H6BrNO2S2/c9-6-2-1-3-7-5(6)4-8(13-7)14(10,11)12/h1-4H,(H2,10,11,12). The Morgan fingerprint density at radius 2 is 2.07 bits per heavy atom. The molecule has 1 aromatic heterocycles. The van der Waals surface area contributed by atoms with Crippen molar-refractivity contribution in [2.45, 2.75) is 4.21 Å². The van der Waals surface area contributed by atoms with Crippen molar-refractivity contribution in [3.63, 3.8) is 0 Å². The van der Waals surface area contributed by atoms with Crippen molar-refractivity contribution in [2.24, 2.45) is 5.14 Å². The highest BCUT2D eigenvalue weighted by atomic mass is 79.9. The number of hydrogen-bond acceptors (Lipinski definition) is 3. The summed E-state index contributed by atoms with van der Waals surface area (Å²) < 4.78 is 24.1. The van der Waals surface area contributed by atoms with Gasteiger partial charge in [0.1, 0.15) is 4.21 Å². The Balaban J connectivity index is 2.81. The van der Waals surface area contributed by atoms with Crippen LogP contribution in [0.25, 0.3) is 10.1 Å². The summed E-state index contributed by atoms with van der Waals surface area (Å²) >= 11 is 4.52. The van der Waals surface area contributed by atoms with Crippen molar-refractivity contribution in [1.29, 1.82) is 0 Å². The molecule has 1 aromatic carbocycles.